The second-order valence-electron chi connectivity index (χ2n) is 4.11. The van der Waals surface area contributed by atoms with Crippen LogP contribution in [-0.4, -0.2) is 50.7 Å². The Morgan fingerprint density at radius 2 is 2.50 bits per heavy atom. The topological polar surface area (TPSA) is 41.6 Å². The highest BCUT2D eigenvalue weighted by Gasteiger charge is 2.24. The van der Waals surface area contributed by atoms with Crippen LogP contribution in [0.15, 0.2) is 12.7 Å². The summed E-state index contributed by atoms with van der Waals surface area (Å²) in [6.07, 6.45) is 3.85. The van der Waals surface area contributed by atoms with E-state index in [4.69, 9.17) is 4.74 Å². The molecule has 0 bridgehead atoms. The van der Waals surface area contributed by atoms with E-state index in [2.05, 4.69) is 11.9 Å². The summed E-state index contributed by atoms with van der Waals surface area (Å²) in [7, 11) is 1.65. The number of hydrogen-bond acceptors (Lipinski definition) is 3. The zero-order valence-corrected chi connectivity index (χ0v) is 10.1. The highest BCUT2D eigenvalue weighted by Crippen LogP contribution is 2.13. The fourth-order valence-corrected chi connectivity index (χ4v) is 1.97. The molecule has 0 aromatic rings. The molecule has 4 nitrogen and oxygen atoms in total. The molecular formula is C12H22N2O2. The minimum absolute atomic E-state index is 0.130. The normalized spacial score (nSPS) is 20.4. The zero-order chi connectivity index (χ0) is 11.8. The number of methoxy groups -OCH3 is 1. The molecule has 16 heavy (non-hydrogen) atoms. The Hall–Kier alpha value is -0.870. The van der Waals surface area contributed by atoms with E-state index in [-0.39, 0.29) is 11.8 Å². The van der Waals surface area contributed by atoms with Gasteiger partial charge < -0.3 is 15.0 Å². The lowest BCUT2D eigenvalue weighted by molar-refractivity contribution is -0.136. The number of nitrogens with zero attached hydrogens (tertiary/aromatic N) is 1. The first kappa shape index (κ1) is 13.2. The van der Waals surface area contributed by atoms with Crippen LogP contribution in [0, 0.1) is 5.92 Å². The first-order valence-corrected chi connectivity index (χ1v) is 5.89. The summed E-state index contributed by atoms with van der Waals surface area (Å²) < 4.78 is 5.01. The monoisotopic (exact) mass is 226 g/mol. The minimum atomic E-state index is 0.130. The lowest BCUT2D eigenvalue weighted by Crippen LogP contribution is -2.44. The predicted octanol–water partition coefficient (Wildman–Crippen LogP) is 0.647. The number of ether oxygens (including phenoxy) is 1. The van der Waals surface area contributed by atoms with Crippen LogP contribution in [0.25, 0.3) is 0 Å². The first-order chi connectivity index (χ1) is 7.79. The molecule has 1 aliphatic rings. The van der Waals surface area contributed by atoms with Crippen LogP contribution in [0.3, 0.4) is 0 Å². The third-order valence-electron chi connectivity index (χ3n) is 2.87. The minimum Gasteiger partial charge on any atom is -0.383 e. The number of amides is 1. The van der Waals surface area contributed by atoms with Gasteiger partial charge in [-0.3, -0.25) is 4.79 Å². The summed E-state index contributed by atoms with van der Waals surface area (Å²) in [5.41, 5.74) is 0. The van der Waals surface area contributed by atoms with E-state index in [0.29, 0.717) is 19.7 Å². The molecule has 0 aromatic carbocycles. The maximum atomic E-state index is 12.2. The van der Waals surface area contributed by atoms with Crippen molar-refractivity contribution in [1.82, 2.24) is 10.2 Å². The fourth-order valence-electron chi connectivity index (χ4n) is 1.97. The molecule has 92 valence electrons. The van der Waals surface area contributed by atoms with Crippen molar-refractivity contribution in [3.8, 4) is 0 Å². The Kier molecular flexibility index (Phi) is 6.11. The van der Waals surface area contributed by atoms with Gasteiger partial charge in [-0.15, -0.1) is 6.58 Å². The highest BCUT2D eigenvalue weighted by atomic mass is 16.5. The van der Waals surface area contributed by atoms with Crippen molar-refractivity contribution in [3.05, 3.63) is 12.7 Å². The second-order valence-corrected chi connectivity index (χ2v) is 4.11. The van der Waals surface area contributed by atoms with Crippen LogP contribution in [0.2, 0.25) is 0 Å². The summed E-state index contributed by atoms with van der Waals surface area (Å²) in [4.78, 5) is 14.0. The van der Waals surface area contributed by atoms with Gasteiger partial charge in [0.05, 0.1) is 12.5 Å². The number of carbonyl (C=O) groups is 1. The van der Waals surface area contributed by atoms with Gasteiger partial charge in [-0.05, 0) is 19.4 Å². The zero-order valence-electron chi connectivity index (χ0n) is 10.1. The van der Waals surface area contributed by atoms with Gasteiger partial charge in [0.2, 0.25) is 5.91 Å². The summed E-state index contributed by atoms with van der Waals surface area (Å²) in [5.74, 6) is 0.356. The van der Waals surface area contributed by atoms with Gasteiger partial charge in [-0.2, -0.15) is 0 Å². The van der Waals surface area contributed by atoms with Crippen LogP contribution in [0.5, 0.6) is 0 Å². The van der Waals surface area contributed by atoms with Crippen molar-refractivity contribution in [2.45, 2.75) is 12.8 Å². The Balaban J connectivity index is 2.47. The van der Waals surface area contributed by atoms with E-state index in [9.17, 15) is 4.79 Å². The summed E-state index contributed by atoms with van der Waals surface area (Å²) >= 11 is 0. The van der Waals surface area contributed by atoms with E-state index in [1.807, 2.05) is 4.90 Å². The number of hydrogen-bond donors (Lipinski definition) is 1. The van der Waals surface area contributed by atoms with Crippen molar-refractivity contribution in [2.75, 3.05) is 39.9 Å². The van der Waals surface area contributed by atoms with Crippen LogP contribution >= 0.6 is 0 Å². The van der Waals surface area contributed by atoms with Crippen LogP contribution < -0.4 is 5.32 Å². The molecule has 1 fully saturated rings. The number of rotatable bonds is 6. The van der Waals surface area contributed by atoms with Gasteiger partial charge in [-0.1, -0.05) is 6.08 Å². The molecular weight excluding hydrogens is 204 g/mol. The molecule has 1 atom stereocenters. The lowest BCUT2D eigenvalue weighted by Gasteiger charge is -2.28. The molecule has 1 amide bonds. The van der Waals surface area contributed by atoms with E-state index in [1.54, 1.807) is 13.2 Å². The van der Waals surface area contributed by atoms with Crippen molar-refractivity contribution in [2.24, 2.45) is 5.92 Å². The molecule has 1 heterocycles. The van der Waals surface area contributed by atoms with Gasteiger partial charge in [-0.25, -0.2) is 0 Å². The van der Waals surface area contributed by atoms with E-state index in [1.165, 1.54) is 0 Å². The molecule has 0 saturated carbocycles. The van der Waals surface area contributed by atoms with E-state index in [0.717, 1.165) is 25.9 Å². The molecule has 0 aliphatic carbocycles. The quantitative estimate of drug-likeness (QED) is 0.676. The Morgan fingerprint density at radius 3 is 3.06 bits per heavy atom. The van der Waals surface area contributed by atoms with Gasteiger partial charge in [0, 0.05) is 26.7 Å². The molecule has 0 radical (unpaired) electrons. The third-order valence-corrected chi connectivity index (χ3v) is 2.87. The standard InChI is InChI=1S/C12H22N2O2/c1-3-7-14(8-9-16-2)12(15)11-5-4-6-13-10-11/h3,11,13H,1,4-10H2,2H3. The fraction of sp³-hybridized carbons (Fsp3) is 0.750. The summed E-state index contributed by atoms with van der Waals surface area (Å²) in [5, 5.41) is 3.26. The molecule has 1 aliphatic heterocycles. The van der Waals surface area contributed by atoms with Crippen molar-refractivity contribution in [1.29, 1.82) is 0 Å². The average molecular weight is 226 g/mol. The predicted molar refractivity (Wildman–Crippen MR) is 64.2 cm³/mol. The molecule has 4 heteroatoms. The van der Waals surface area contributed by atoms with Gasteiger partial charge in [0.1, 0.15) is 0 Å². The summed E-state index contributed by atoms with van der Waals surface area (Å²) in [6, 6.07) is 0. The van der Waals surface area contributed by atoms with Gasteiger partial charge in [0.25, 0.3) is 0 Å². The lowest BCUT2D eigenvalue weighted by atomic mass is 9.98. The number of nitrogens with one attached hydrogen (secondary N) is 1. The van der Waals surface area contributed by atoms with Crippen LogP contribution in [-0.2, 0) is 9.53 Å². The molecule has 1 saturated heterocycles. The molecule has 1 unspecified atom stereocenters. The van der Waals surface area contributed by atoms with E-state index >= 15 is 0 Å². The number of piperidine rings is 1. The van der Waals surface area contributed by atoms with Gasteiger partial charge in [0.15, 0.2) is 0 Å². The SMILES string of the molecule is C=CCN(CCOC)C(=O)C1CCCNC1. The smallest absolute Gasteiger partial charge is 0.227 e. The molecule has 1 rings (SSSR count). The molecule has 0 spiro atoms. The summed E-state index contributed by atoms with van der Waals surface area (Å²) in [6.45, 7) is 7.37. The van der Waals surface area contributed by atoms with Gasteiger partial charge >= 0.3 is 0 Å². The van der Waals surface area contributed by atoms with E-state index < -0.39 is 0 Å². The first-order valence-electron chi connectivity index (χ1n) is 5.89. The molecule has 1 N–H and O–H groups in total. The average Bonchev–Trinajstić information content (AvgIpc) is 2.35. The second kappa shape index (κ2) is 7.41. The Labute approximate surface area is 97.6 Å². The van der Waals surface area contributed by atoms with Crippen LogP contribution in [0.1, 0.15) is 12.8 Å². The Bertz CT molecular complexity index is 225. The van der Waals surface area contributed by atoms with Crippen LogP contribution in [0.4, 0.5) is 0 Å². The number of carbonyl (C=O) groups excluding carboxylic acids is 1. The maximum absolute atomic E-state index is 12.2. The Morgan fingerprint density at radius 1 is 1.69 bits per heavy atom. The maximum Gasteiger partial charge on any atom is 0.227 e. The van der Waals surface area contributed by atoms with Crippen molar-refractivity contribution < 1.29 is 9.53 Å². The third kappa shape index (κ3) is 3.94. The molecule has 0 aromatic heterocycles. The van der Waals surface area contributed by atoms with Crippen molar-refractivity contribution >= 4 is 5.91 Å². The highest BCUT2D eigenvalue weighted by molar-refractivity contribution is 5.79. The largest absolute Gasteiger partial charge is 0.383 e. The van der Waals surface area contributed by atoms with Crippen molar-refractivity contribution in [3.63, 3.8) is 0 Å².